The van der Waals surface area contributed by atoms with Crippen molar-refractivity contribution >= 4 is 21.8 Å². The Hall–Kier alpha value is -0.760. The van der Waals surface area contributed by atoms with E-state index in [-0.39, 0.29) is 10.6 Å². The van der Waals surface area contributed by atoms with Crippen LogP contribution in [0, 0.1) is 5.82 Å². The molecule has 0 aliphatic carbocycles. The minimum Gasteiger partial charge on any atom is -0.236 e. The lowest BCUT2D eigenvalue weighted by molar-refractivity contribution is 0.0149. The van der Waals surface area contributed by atoms with Crippen LogP contribution in [0.1, 0.15) is 5.56 Å². The summed E-state index contributed by atoms with van der Waals surface area (Å²) in [5.41, 5.74) is -2.43. The van der Waals surface area contributed by atoms with E-state index >= 15 is 0 Å². The molecule has 0 saturated carbocycles. The van der Waals surface area contributed by atoms with Crippen molar-refractivity contribution in [1.29, 1.82) is 0 Å². The highest BCUT2D eigenvalue weighted by Crippen LogP contribution is 2.41. The summed E-state index contributed by atoms with van der Waals surface area (Å²) in [7, 11) is -3.94. The second-order valence-corrected chi connectivity index (χ2v) is 5.83. The van der Waals surface area contributed by atoms with Gasteiger partial charge in [0.2, 0.25) is 0 Å². The van der Waals surface area contributed by atoms with Gasteiger partial charge in [0.1, 0.15) is 5.82 Å². The van der Waals surface area contributed by atoms with E-state index in [9.17, 15) is 17.2 Å². The maximum absolute atomic E-state index is 14.3. The normalized spacial score (nSPS) is 20.0. The molecule has 1 fully saturated rings. The number of benzene rings is 1. The Labute approximate surface area is 102 Å². The summed E-state index contributed by atoms with van der Waals surface area (Å²) in [5.74, 6) is -0.797. The maximum atomic E-state index is 14.3. The lowest BCUT2D eigenvalue weighted by atomic mass is 9.89. The first-order chi connectivity index (χ1) is 7.74. The third-order valence-corrected chi connectivity index (χ3v) is 3.92. The summed E-state index contributed by atoms with van der Waals surface area (Å²) in [6, 6.07) is 3.77. The second-order valence-electron chi connectivity index (χ2n) is 3.87. The highest BCUT2D eigenvalue weighted by Gasteiger charge is 2.51. The highest BCUT2D eigenvalue weighted by molar-refractivity contribution is 7.86. The van der Waals surface area contributed by atoms with Crippen LogP contribution in [0.2, 0.25) is 5.02 Å². The van der Waals surface area contributed by atoms with E-state index in [2.05, 4.69) is 0 Å². The predicted octanol–water partition coefficient (Wildman–Crippen LogP) is 1.16. The number of nitrogens with zero attached hydrogens (tertiary/aromatic N) is 1. The Morgan fingerprint density at radius 2 is 2.00 bits per heavy atom. The minimum atomic E-state index is -3.94. The smallest absolute Gasteiger partial charge is 0.236 e. The predicted molar refractivity (Wildman–Crippen MR) is 58.9 cm³/mol. The quantitative estimate of drug-likeness (QED) is 0.885. The van der Waals surface area contributed by atoms with Gasteiger partial charge in [0, 0.05) is 5.56 Å². The molecule has 0 amide bonds. The monoisotopic (exact) mass is 282 g/mol. The average molecular weight is 283 g/mol. The third-order valence-electron chi connectivity index (χ3n) is 2.62. The number of hydrogen-bond donors (Lipinski definition) is 1. The molecule has 1 saturated heterocycles. The number of rotatable bonds is 2. The van der Waals surface area contributed by atoms with Crippen molar-refractivity contribution < 1.29 is 17.2 Å². The van der Waals surface area contributed by atoms with Crippen LogP contribution in [-0.4, -0.2) is 25.8 Å². The molecule has 1 aliphatic heterocycles. The molecule has 0 spiro atoms. The lowest BCUT2D eigenvalue weighted by Crippen LogP contribution is -2.60. The van der Waals surface area contributed by atoms with Gasteiger partial charge in [-0.2, -0.15) is 12.7 Å². The highest BCUT2D eigenvalue weighted by atomic mass is 35.5. The lowest BCUT2D eigenvalue weighted by Gasteiger charge is -2.42. The zero-order valence-electron chi connectivity index (χ0n) is 8.53. The van der Waals surface area contributed by atoms with E-state index in [1.807, 2.05) is 0 Å². The van der Waals surface area contributed by atoms with Crippen molar-refractivity contribution in [3.05, 3.63) is 34.6 Å². The SMILES string of the molecule is NS(=O)(=O)N1CC(F)(c2c(F)cccc2Cl)C1. The van der Waals surface area contributed by atoms with Crippen molar-refractivity contribution in [3.8, 4) is 0 Å². The maximum Gasteiger partial charge on any atom is 0.277 e. The summed E-state index contributed by atoms with van der Waals surface area (Å²) in [4.78, 5) is 0. The van der Waals surface area contributed by atoms with E-state index in [1.54, 1.807) is 0 Å². The van der Waals surface area contributed by atoms with Crippen molar-refractivity contribution in [2.75, 3.05) is 13.1 Å². The standard InChI is InChI=1S/C9H9ClF2N2O2S/c10-6-2-1-3-7(11)8(6)9(12)4-14(5-9)17(13,15)16/h1-3H,4-5H2,(H2,13,15,16). The van der Waals surface area contributed by atoms with Crippen LogP contribution in [0.25, 0.3) is 0 Å². The molecule has 8 heteroatoms. The molecule has 1 heterocycles. The molecule has 1 aromatic carbocycles. The van der Waals surface area contributed by atoms with E-state index in [0.717, 1.165) is 10.4 Å². The van der Waals surface area contributed by atoms with Gasteiger partial charge in [-0.1, -0.05) is 17.7 Å². The summed E-state index contributed by atoms with van der Waals surface area (Å²) in [6.45, 7) is -1.04. The van der Waals surface area contributed by atoms with Gasteiger partial charge >= 0.3 is 0 Å². The van der Waals surface area contributed by atoms with E-state index in [0.29, 0.717) is 0 Å². The molecular weight excluding hydrogens is 274 g/mol. The Morgan fingerprint density at radius 1 is 1.41 bits per heavy atom. The van der Waals surface area contributed by atoms with E-state index in [4.69, 9.17) is 16.7 Å². The Kier molecular flexibility index (Phi) is 2.89. The van der Waals surface area contributed by atoms with Gasteiger partial charge < -0.3 is 0 Å². The molecule has 0 radical (unpaired) electrons. The molecule has 2 N–H and O–H groups in total. The fraction of sp³-hybridized carbons (Fsp3) is 0.333. The van der Waals surface area contributed by atoms with Gasteiger partial charge in [-0.05, 0) is 12.1 Å². The summed E-state index contributed by atoms with van der Waals surface area (Å²) in [6.07, 6.45) is 0. The van der Waals surface area contributed by atoms with E-state index in [1.165, 1.54) is 12.1 Å². The first-order valence-electron chi connectivity index (χ1n) is 4.65. The van der Waals surface area contributed by atoms with Crippen LogP contribution in [0.15, 0.2) is 18.2 Å². The molecule has 4 nitrogen and oxygen atoms in total. The second kappa shape index (κ2) is 3.88. The Balaban J connectivity index is 2.32. The zero-order valence-corrected chi connectivity index (χ0v) is 10.1. The Morgan fingerprint density at radius 3 is 2.47 bits per heavy atom. The van der Waals surface area contributed by atoms with Gasteiger partial charge in [-0.25, -0.2) is 13.9 Å². The molecule has 0 atom stereocenters. The van der Waals surface area contributed by atoms with Crippen LogP contribution < -0.4 is 5.14 Å². The van der Waals surface area contributed by atoms with Crippen LogP contribution in [0.3, 0.4) is 0 Å². The number of halogens is 3. The molecule has 17 heavy (non-hydrogen) atoms. The molecule has 1 aliphatic rings. The van der Waals surface area contributed by atoms with E-state index < -0.39 is 34.8 Å². The van der Waals surface area contributed by atoms with Crippen LogP contribution >= 0.6 is 11.6 Å². The summed E-state index contributed by atoms with van der Waals surface area (Å²) < 4.78 is 50.3. The van der Waals surface area contributed by atoms with Crippen LogP contribution in [0.5, 0.6) is 0 Å². The molecule has 0 bridgehead atoms. The minimum absolute atomic E-state index is 0.0680. The van der Waals surface area contributed by atoms with Gasteiger partial charge in [0.05, 0.1) is 18.1 Å². The van der Waals surface area contributed by atoms with Gasteiger partial charge in [-0.15, -0.1) is 0 Å². The number of alkyl halides is 1. The number of nitrogens with two attached hydrogens (primary N) is 1. The van der Waals surface area contributed by atoms with Crippen molar-refractivity contribution in [3.63, 3.8) is 0 Å². The molecule has 0 unspecified atom stereocenters. The zero-order chi connectivity index (χ0) is 12.8. The van der Waals surface area contributed by atoms with Gasteiger partial charge in [0.25, 0.3) is 10.2 Å². The first kappa shape index (κ1) is 12.7. The van der Waals surface area contributed by atoms with Crippen LogP contribution in [0.4, 0.5) is 8.78 Å². The number of hydrogen-bond acceptors (Lipinski definition) is 2. The molecule has 2 rings (SSSR count). The van der Waals surface area contributed by atoms with Crippen LogP contribution in [-0.2, 0) is 15.9 Å². The van der Waals surface area contributed by atoms with Crippen molar-refractivity contribution in [2.24, 2.45) is 5.14 Å². The summed E-state index contributed by atoms with van der Waals surface area (Å²) >= 11 is 5.71. The molecule has 94 valence electrons. The van der Waals surface area contributed by atoms with Gasteiger partial charge in [0.15, 0.2) is 5.67 Å². The molecule has 1 aromatic rings. The van der Waals surface area contributed by atoms with Crippen molar-refractivity contribution in [1.82, 2.24) is 4.31 Å². The summed E-state index contributed by atoms with van der Waals surface area (Å²) in [5, 5.41) is 4.75. The molecule has 0 aromatic heterocycles. The Bertz CT molecular complexity index is 538. The fourth-order valence-corrected chi connectivity index (χ4v) is 2.88. The first-order valence-corrected chi connectivity index (χ1v) is 6.53. The molecular formula is C9H9ClF2N2O2S. The fourth-order valence-electron chi connectivity index (χ4n) is 1.78. The third kappa shape index (κ3) is 2.15. The van der Waals surface area contributed by atoms with Gasteiger partial charge in [-0.3, -0.25) is 0 Å². The largest absolute Gasteiger partial charge is 0.277 e. The average Bonchev–Trinajstić information content (AvgIpc) is 2.11. The van der Waals surface area contributed by atoms with Crippen molar-refractivity contribution in [2.45, 2.75) is 5.67 Å². The topological polar surface area (TPSA) is 63.4 Å².